The van der Waals surface area contributed by atoms with Crippen LogP contribution in [0.4, 0.5) is 5.69 Å². The van der Waals surface area contributed by atoms with Crippen LogP contribution in [0.2, 0.25) is 0 Å². The minimum atomic E-state index is -0.734. The van der Waals surface area contributed by atoms with Crippen LogP contribution in [-0.4, -0.2) is 41.8 Å². The summed E-state index contributed by atoms with van der Waals surface area (Å²) in [5.74, 6) is -0.691. The number of benzene rings is 4. The lowest BCUT2D eigenvalue weighted by atomic mass is 10.0. The van der Waals surface area contributed by atoms with Crippen LogP contribution in [0.3, 0.4) is 0 Å². The summed E-state index contributed by atoms with van der Waals surface area (Å²) in [4.78, 5) is 44.0. The van der Waals surface area contributed by atoms with E-state index in [2.05, 4.69) is 5.32 Å². The number of nitrogens with one attached hydrogen (secondary N) is 1. The number of aryl methyl sites for hydroxylation is 1. The topological polar surface area (TPSA) is 69.7 Å². The van der Waals surface area contributed by atoms with Gasteiger partial charge >= 0.3 is 0 Å². The summed E-state index contributed by atoms with van der Waals surface area (Å²) in [6, 6.07) is 28.3. The molecule has 0 bridgehead atoms. The van der Waals surface area contributed by atoms with Gasteiger partial charge in [-0.1, -0.05) is 84.4 Å². The molecule has 1 N–H and O–H groups in total. The van der Waals surface area contributed by atoms with Gasteiger partial charge in [0.15, 0.2) is 0 Å². The van der Waals surface area contributed by atoms with E-state index < -0.39 is 6.04 Å². The first-order valence-corrected chi connectivity index (χ1v) is 13.0. The summed E-state index contributed by atoms with van der Waals surface area (Å²) in [6.07, 6.45) is 0.369. The van der Waals surface area contributed by atoms with E-state index in [-0.39, 0.29) is 30.8 Å². The molecule has 1 heterocycles. The number of hydrogen-bond donors (Lipinski definition) is 1. The zero-order valence-electron chi connectivity index (χ0n) is 21.7. The van der Waals surface area contributed by atoms with Crippen LogP contribution in [0.1, 0.15) is 34.0 Å². The van der Waals surface area contributed by atoms with Crippen molar-refractivity contribution in [3.05, 3.63) is 113 Å². The molecule has 5 rings (SSSR count). The number of hydrogen-bond acceptors (Lipinski definition) is 3. The van der Waals surface area contributed by atoms with E-state index in [1.54, 1.807) is 15.9 Å². The highest BCUT2D eigenvalue weighted by Crippen LogP contribution is 2.37. The molecule has 1 atom stereocenters. The van der Waals surface area contributed by atoms with E-state index in [1.165, 1.54) is 0 Å². The lowest BCUT2D eigenvalue weighted by Gasteiger charge is -2.33. The van der Waals surface area contributed by atoms with Crippen LogP contribution in [-0.2, 0) is 22.6 Å². The molecule has 38 heavy (non-hydrogen) atoms. The molecule has 6 heteroatoms. The molecule has 0 radical (unpaired) electrons. The van der Waals surface area contributed by atoms with Crippen molar-refractivity contribution in [3.8, 4) is 0 Å². The first-order valence-electron chi connectivity index (χ1n) is 13.0. The van der Waals surface area contributed by atoms with Gasteiger partial charge in [-0.2, -0.15) is 0 Å². The number of rotatable bonds is 9. The van der Waals surface area contributed by atoms with Crippen molar-refractivity contribution < 1.29 is 14.4 Å². The van der Waals surface area contributed by atoms with Crippen molar-refractivity contribution in [3.63, 3.8) is 0 Å². The Morgan fingerprint density at radius 2 is 1.58 bits per heavy atom. The van der Waals surface area contributed by atoms with Crippen LogP contribution >= 0.6 is 0 Å². The molecular weight excluding hydrogens is 474 g/mol. The Labute approximate surface area is 222 Å². The minimum Gasteiger partial charge on any atom is -0.355 e. The number of carbonyl (C=O) groups is 3. The van der Waals surface area contributed by atoms with Crippen molar-refractivity contribution in [2.24, 2.45) is 0 Å². The average molecular weight is 506 g/mol. The standard InChI is InChI=1S/C32H31N3O3/c1-3-33-31(37)28(19-23-9-5-4-6-10-23)34(20-24-17-15-22(2)16-18-24)29(36)21-35-27-14-8-12-25-11-7-13-26(30(25)27)32(35)38/h4-18,28H,3,19-21H2,1-2H3,(H,33,37). The highest BCUT2D eigenvalue weighted by atomic mass is 16.2. The summed E-state index contributed by atoms with van der Waals surface area (Å²) in [6.45, 7) is 4.44. The van der Waals surface area contributed by atoms with Crippen LogP contribution < -0.4 is 10.2 Å². The molecule has 0 saturated carbocycles. The minimum absolute atomic E-state index is 0.150. The summed E-state index contributed by atoms with van der Waals surface area (Å²) in [5.41, 5.74) is 4.32. The summed E-state index contributed by atoms with van der Waals surface area (Å²) in [5, 5.41) is 4.74. The Balaban J connectivity index is 1.50. The monoisotopic (exact) mass is 505 g/mol. The Hall–Kier alpha value is -4.45. The molecular formula is C32H31N3O3. The van der Waals surface area contributed by atoms with Crippen LogP contribution in [0, 0.1) is 6.92 Å². The maximum Gasteiger partial charge on any atom is 0.259 e. The molecule has 0 saturated heterocycles. The Morgan fingerprint density at radius 1 is 0.868 bits per heavy atom. The molecule has 1 unspecified atom stereocenters. The largest absolute Gasteiger partial charge is 0.355 e. The second-order valence-electron chi connectivity index (χ2n) is 9.68. The fraction of sp³-hybridized carbons (Fsp3) is 0.219. The maximum absolute atomic E-state index is 14.1. The lowest BCUT2D eigenvalue weighted by molar-refractivity contribution is -0.140. The molecule has 1 aliphatic heterocycles. The fourth-order valence-corrected chi connectivity index (χ4v) is 5.10. The van der Waals surface area contributed by atoms with Crippen molar-refractivity contribution in [1.29, 1.82) is 0 Å². The van der Waals surface area contributed by atoms with Gasteiger partial charge in [0.25, 0.3) is 5.91 Å². The number of likely N-dealkylation sites (N-methyl/N-ethyl adjacent to an activating group) is 1. The predicted molar refractivity (Wildman–Crippen MR) is 150 cm³/mol. The van der Waals surface area contributed by atoms with E-state index in [0.717, 1.165) is 33.2 Å². The van der Waals surface area contributed by atoms with E-state index >= 15 is 0 Å². The number of carbonyl (C=O) groups excluding carboxylic acids is 3. The summed E-state index contributed by atoms with van der Waals surface area (Å²) in [7, 11) is 0. The van der Waals surface area contributed by atoms with Crippen molar-refractivity contribution in [2.45, 2.75) is 32.9 Å². The van der Waals surface area contributed by atoms with E-state index in [9.17, 15) is 14.4 Å². The van der Waals surface area contributed by atoms with Gasteiger partial charge in [-0.3, -0.25) is 19.3 Å². The third-order valence-electron chi connectivity index (χ3n) is 7.04. The van der Waals surface area contributed by atoms with Gasteiger partial charge in [0, 0.05) is 30.5 Å². The molecule has 192 valence electrons. The zero-order valence-corrected chi connectivity index (χ0v) is 21.7. The lowest BCUT2D eigenvalue weighted by Crippen LogP contribution is -2.53. The number of anilines is 1. The second-order valence-corrected chi connectivity index (χ2v) is 9.68. The molecule has 0 aromatic heterocycles. The van der Waals surface area contributed by atoms with Crippen LogP contribution in [0.5, 0.6) is 0 Å². The molecule has 0 spiro atoms. The molecule has 1 aliphatic rings. The van der Waals surface area contributed by atoms with Crippen molar-refractivity contribution in [1.82, 2.24) is 10.2 Å². The highest BCUT2D eigenvalue weighted by Gasteiger charge is 2.35. The Bertz CT molecular complexity index is 1480. The van der Waals surface area contributed by atoms with Gasteiger partial charge in [0.05, 0.1) is 5.69 Å². The molecule has 6 nitrogen and oxygen atoms in total. The molecule has 0 aliphatic carbocycles. The first kappa shape index (κ1) is 25.2. The SMILES string of the molecule is CCNC(=O)C(Cc1ccccc1)N(Cc1ccc(C)cc1)C(=O)CN1C(=O)c2cccc3cccc1c23. The van der Waals surface area contributed by atoms with Gasteiger partial charge in [-0.25, -0.2) is 0 Å². The van der Waals surface area contributed by atoms with E-state index in [0.29, 0.717) is 18.5 Å². The highest BCUT2D eigenvalue weighted by molar-refractivity contribution is 6.26. The third kappa shape index (κ3) is 5.02. The smallest absolute Gasteiger partial charge is 0.259 e. The van der Waals surface area contributed by atoms with Gasteiger partial charge in [-0.05, 0) is 42.5 Å². The van der Waals surface area contributed by atoms with Crippen molar-refractivity contribution >= 4 is 34.2 Å². The Kier molecular flexibility index (Phi) is 7.22. The maximum atomic E-state index is 14.1. The van der Waals surface area contributed by atoms with Crippen LogP contribution in [0.15, 0.2) is 91.0 Å². The number of amides is 3. The normalized spacial score (nSPS) is 13.0. The van der Waals surface area contributed by atoms with Crippen LogP contribution in [0.25, 0.3) is 10.8 Å². The third-order valence-corrected chi connectivity index (χ3v) is 7.04. The van der Waals surface area contributed by atoms with Gasteiger partial charge in [0.1, 0.15) is 12.6 Å². The predicted octanol–water partition coefficient (Wildman–Crippen LogP) is 4.88. The zero-order chi connectivity index (χ0) is 26.6. The van der Waals surface area contributed by atoms with Gasteiger partial charge in [-0.15, -0.1) is 0 Å². The van der Waals surface area contributed by atoms with E-state index in [4.69, 9.17) is 0 Å². The Morgan fingerprint density at radius 3 is 2.29 bits per heavy atom. The summed E-state index contributed by atoms with van der Waals surface area (Å²) >= 11 is 0. The second kappa shape index (κ2) is 10.9. The molecule has 0 fully saturated rings. The molecule has 3 amide bonds. The average Bonchev–Trinajstić information content (AvgIpc) is 3.20. The van der Waals surface area contributed by atoms with Gasteiger partial charge < -0.3 is 10.2 Å². The quantitative estimate of drug-likeness (QED) is 0.352. The van der Waals surface area contributed by atoms with E-state index in [1.807, 2.05) is 98.8 Å². The molecule has 4 aromatic rings. The summed E-state index contributed by atoms with van der Waals surface area (Å²) < 4.78 is 0. The van der Waals surface area contributed by atoms with Gasteiger partial charge in [0.2, 0.25) is 11.8 Å². The molecule has 4 aromatic carbocycles. The number of nitrogens with zero attached hydrogens (tertiary/aromatic N) is 2. The van der Waals surface area contributed by atoms with Crippen molar-refractivity contribution in [2.75, 3.05) is 18.0 Å². The first-order chi connectivity index (χ1) is 18.5. The fourth-order valence-electron chi connectivity index (χ4n) is 5.10.